The first kappa shape index (κ1) is 9.71. The van der Waals surface area contributed by atoms with Gasteiger partial charge in [-0.3, -0.25) is 4.79 Å². The molecular formula is C11H12BrNO. The summed E-state index contributed by atoms with van der Waals surface area (Å²) >= 11 is 3.38. The highest BCUT2D eigenvalue weighted by atomic mass is 79.9. The monoisotopic (exact) mass is 253 g/mol. The van der Waals surface area contributed by atoms with Crippen LogP contribution in [0.15, 0.2) is 22.7 Å². The first-order chi connectivity index (χ1) is 6.68. The van der Waals surface area contributed by atoms with Crippen molar-refractivity contribution in [2.45, 2.75) is 13.3 Å². The standard InChI is InChI=1S/C11H12BrNO/c1-8(14)10-7-9(12)3-4-11(10)13-5-2-6-13/h3-4,7H,2,5-6H2,1H3. The van der Waals surface area contributed by atoms with Crippen LogP contribution >= 0.6 is 15.9 Å². The van der Waals surface area contributed by atoms with Crippen molar-refractivity contribution in [1.82, 2.24) is 0 Å². The number of rotatable bonds is 2. The summed E-state index contributed by atoms with van der Waals surface area (Å²) in [5.41, 5.74) is 1.89. The molecule has 14 heavy (non-hydrogen) atoms. The van der Waals surface area contributed by atoms with E-state index in [4.69, 9.17) is 0 Å². The second-order valence-electron chi connectivity index (χ2n) is 3.56. The fraction of sp³-hybridized carbons (Fsp3) is 0.364. The maximum atomic E-state index is 11.4. The van der Waals surface area contributed by atoms with Crippen molar-refractivity contribution in [3.8, 4) is 0 Å². The smallest absolute Gasteiger partial charge is 0.161 e. The SMILES string of the molecule is CC(=O)c1cc(Br)ccc1N1CCC1. The molecule has 3 heteroatoms. The predicted octanol–water partition coefficient (Wildman–Crippen LogP) is 2.86. The largest absolute Gasteiger partial charge is 0.371 e. The summed E-state index contributed by atoms with van der Waals surface area (Å²) < 4.78 is 0.965. The molecule has 0 spiro atoms. The fourth-order valence-electron chi connectivity index (χ4n) is 1.62. The molecule has 1 aliphatic rings. The summed E-state index contributed by atoms with van der Waals surface area (Å²) in [5.74, 6) is 0.133. The lowest BCUT2D eigenvalue weighted by atomic mass is 10.1. The number of nitrogens with zero attached hydrogens (tertiary/aromatic N) is 1. The summed E-state index contributed by atoms with van der Waals surface area (Å²) in [6.45, 7) is 3.76. The van der Waals surface area contributed by atoms with E-state index in [1.807, 2.05) is 18.2 Å². The van der Waals surface area contributed by atoms with Crippen LogP contribution in [0.4, 0.5) is 5.69 Å². The van der Waals surface area contributed by atoms with Crippen LogP contribution in [-0.4, -0.2) is 18.9 Å². The lowest BCUT2D eigenvalue weighted by Gasteiger charge is -2.34. The summed E-state index contributed by atoms with van der Waals surface area (Å²) in [7, 11) is 0. The number of benzene rings is 1. The number of carbonyl (C=O) groups is 1. The Morgan fingerprint density at radius 2 is 2.14 bits per heavy atom. The number of ketones is 1. The molecule has 2 nitrogen and oxygen atoms in total. The fourth-order valence-corrected chi connectivity index (χ4v) is 1.98. The molecule has 0 bridgehead atoms. The third-order valence-electron chi connectivity index (χ3n) is 2.53. The van der Waals surface area contributed by atoms with Crippen LogP contribution in [0.3, 0.4) is 0 Å². The lowest BCUT2D eigenvalue weighted by Crippen LogP contribution is -2.37. The van der Waals surface area contributed by atoms with Crippen LogP contribution in [0.2, 0.25) is 0 Å². The molecule has 1 aromatic rings. The topological polar surface area (TPSA) is 20.3 Å². The average Bonchev–Trinajstić information content (AvgIpc) is 2.04. The minimum atomic E-state index is 0.133. The molecule has 1 fully saturated rings. The van der Waals surface area contributed by atoms with Gasteiger partial charge in [-0.2, -0.15) is 0 Å². The molecule has 0 N–H and O–H groups in total. The van der Waals surface area contributed by atoms with Gasteiger partial charge in [-0.1, -0.05) is 15.9 Å². The van der Waals surface area contributed by atoms with E-state index in [9.17, 15) is 4.79 Å². The van der Waals surface area contributed by atoms with Crippen LogP contribution in [-0.2, 0) is 0 Å². The highest BCUT2D eigenvalue weighted by Gasteiger charge is 2.19. The van der Waals surface area contributed by atoms with Crippen LogP contribution in [0.1, 0.15) is 23.7 Å². The Balaban J connectivity index is 2.41. The van der Waals surface area contributed by atoms with Crippen molar-refractivity contribution in [3.63, 3.8) is 0 Å². The van der Waals surface area contributed by atoms with E-state index in [2.05, 4.69) is 20.8 Å². The van der Waals surface area contributed by atoms with Crippen molar-refractivity contribution < 1.29 is 4.79 Å². The Bertz CT molecular complexity index is 372. The maximum absolute atomic E-state index is 11.4. The van der Waals surface area contributed by atoms with Gasteiger partial charge in [0.1, 0.15) is 0 Å². The molecule has 0 saturated carbocycles. The molecule has 1 aromatic carbocycles. The zero-order valence-electron chi connectivity index (χ0n) is 8.09. The van der Waals surface area contributed by atoms with Gasteiger partial charge in [-0.15, -0.1) is 0 Å². The van der Waals surface area contributed by atoms with Crippen LogP contribution < -0.4 is 4.90 Å². The Kier molecular flexibility index (Phi) is 2.59. The normalized spacial score (nSPS) is 15.1. The predicted molar refractivity (Wildman–Crippen MR) is 61.0 cm³/mol. The Labute approximate surface area is 92.0 Å². The number of hydrogen-bond donors (Lipinski definition) is 0. The maximum Gasteiger partial charge on any atom is 0.161 e. The zero-order chi connectivity index (χ0) is 10.1. The van der Waals surface area contributed by atoms with Crippen LogP contribution in [0.5, 0.6) is 0 Å². The second-order valence-corrected chi connectivity index (χ2v) is 4.47. The summed E-state index contributed by atoms with van der Waals surface area (Å²) in [4.78, 5) is 13.7. The van der Waals surface area contributed by atoms with Crippen LogP contribution in [0.25, 0.3) is 0 Å². The van der Waals surface area contributed by atoms with Gasteiger partial charge < -0.3 is 4.90 Å². The number of halogens is 1. The molecule has 0 aliphatic carbocycles. The second kappa shape index (κ2) is 3.73. The Hall–Kier alpha value is -0.830. The molecule has 1 aliphatic heterocycles. The van der Waals surface area contributed by atoms with Crippen molar-refractivity contribution in [2.75, 3.05) is 18.0 Å². The van der Waals surface area contributed by atoms with E-state index in [1.54, 1.807) is 6.92 Å². The van der Waals surface area contributed by atoms with Gasteiger partial charge in [-0.25, -0.2) is 0 Å². The molecule has 0 unspecified atom stereocenters. The van der Waals surface area contributed by atoms with Gasteiger partial charge >= 0.3 is 0 Å². The Morgan fingerprint density at radius 3 is 2.64 bits per heavy atom. The summed E-state index contributed by atoms with van der Waals surface area (Å²) in [5, 5.41) is 0. The van der Waals surface area contributed by atoms with Crippen molar-refractivity contribution in [1.29, 1.82) is 0 Å². The summed E-state index contributed by atoms with van der Waals surface area (Å²) in [6.07, 6.45) is 1.23. The zero-order valence-corrected chi connectivity index (χ0v) is 9.67. The number of hydrogen-bond acceptors (Lipinski definition) is 2. The van der Waals surface area contributed by atoms with Gasteiger partial charge in [0, 0.05) is 28.8 Å². The quantitative estimate of drug-likeness (QED) is 0.756. The highest BCUT2D eigenvalue weighted by molar-refractivity contribution is 9.10. The number of anilines is 1. The highest BCUT2D eigenvalue weighted by Crippen LogP contribution is 2.28. The first-order valence-corrected chi connectivity index (χ1v) is 5.53. The van der Waals surface area contributed by atoms with Gasteiger partial charge in [0.25, 0.3) is 0 Å². The average molecular weight is 254 g/mol. The molecule has 2 rings (SSSR count). The van der Waals surface area contributed by atoms with E-state index in [0.29, 0.717) is 0 Å². The number of carbonyl (C=O) groups excluding carboxylic acids is 1. The lowest BCUT2D eigenvalue weighted by molar-refractivity contribution is 0.101. The van der Waals surface area contributed by atoms with Gasteiger partial charge in [0.2, 0.25) is 0 Å². The van der Waals surface area contributed by atoms with E-state index in [1.165, 1.54) is 6.42 Å². The molecule has 0 atom stereocenters. The van der Waals surface area contributed by atoms with Gasteiger partial charge in [-0.05, 0) is 31.5 Å². The van der Waals surface area contributed by atoms with Crippen molar-refractivity contribution in [3.05, 3.63) is 28.2 Å². The first-order valence-electron chi connectivity index (χ1n) is 4.74. The molecule has 0 aromatic heterocycles. The van der Waals surface area contributed by atoms with E-state index in [0.717, 1.165) is 28.8 Å². The van der Waals surface area contributed by atoms with Crippen molar-refractivity contribution >= 4 is 27.4 Å². The molecule has 1 saturated heterocycles. The third-order valence-corrected chi connectivity index (χ3v) is 3.03. The number of Topliss-reactive ketones (excluding diaryl/α,β-unsaturated/α-hetero) is 1. The minimum absolute atomic E-state index is 0.133. The molecule has 0 radical (unpaired) electrons. The van der Waals surface area contributed by atoms with Crippen molar-refractivity contribution in [2.24, 2.45) is 0 Å². The minimum Gasteiger partial charge on any atom is -0.371 e. The molecule has 0 amide bonds. The van der Waals surface area contributed by atoms with E-state index < -0.39 is 0 Å². The molecule has 1 heterocycles. The van der Waals surface area contributed by atoms with E-state index in [-0.39, 0.29) is 5.78 Å². The van der Waals surface area contributed by atoms with Crippen LogP contribution in [0, 0.1) is 0 Å². The van der Waals surface area contributed by atoms with Gasteiger partial charge in [0.15, 0.2) is 5.78 Å². The molecular weight excluding hydrogens is 242 g/mol. The molecule has 74 valence electrons. The summed E-state index contributed by atoms with van der Waals surface area (Å²) in [6, 6.07) is 5.90. The Morgan fingerprint density at radius 1 is 1.43 bits per heavy atom. The third kappa shape index (κ3) is 1.69. The van der Waals surface area contributed by atoms with Gasteiger partial charge in [0.05, 0.1) is 0 Å². The van der Waals surface area contributed by atoms with E-state index >= 15 is 0 Å².